The molecule has 0 saturated heterocycles. The number of carbonyl (C=O) groups excluding carboxylic acids is 1. The van der Waals surface area contributed by atoms with Gasteiger partial charge in [-0.15, -0.1) is 5.92 Å². The second kappa shape index (κ2) is 17.8. The van der Waals surface area contributed by atoms with Crippen molar-refractivity contribution in [3.8, 4) is 11.8 Å². The van der Waals surface area contributed by atoms with E-state index in [1.54, 1.807) is 0 Å². The third kappa shape index (κ3) is 16.8. The van der Waals surface area contributed by atoms with Crippen molar-refractivity contribution in [3.63, 3.8) is 0 Å². The Bertz CT molecular complexity index is 333. The highest BCUT2D eigenvalue weighted by atomic mass is 16.5. The van der Waals surface area contributed by atoms with E-state index >= 15 is 0 Å². The van der Waals surface area contributed by atoms with Gasteiger partial charge < -0.3 is 4.74 Å². The summed E-state index contributed by atoms with van der Waals surface area (Å²) in [6.07, 6.45) is 17.7. The molecule has 126 valence electrons. The fourth-order valence-corrected chi connectivity index (χ4v) is 2.11. The average molecular weight is 306 g/mol. The molecule has 0 spiro atoms. The summed E-state index contributed by atoms with van der Waals surface area (Å²) >= 11 is 0. The molecule has 0 aliphatic heterocycles. The first kappa shape index (κ1) is 20.8. The van der Waals surface area contributed by atoms with Gasteiger partial charge in [0.25, 0.3) is 0 Å². The lowest BCUT2D eigenvalue weighted by atomic mass is 10.1. The number of hydrogen-bond acceptors (Lipinski definition) is 2. The summed E-state index contributed by atoms with van der Waals surface area (Å²) in [7, 11) is 0. The lowest BCUT2D eigenvalue weighted by Gasteiger charge is -1.99. The molecule has 0 atom stereocenters. The van der Waals surface area contributed by atoms with Crippen LogP contribution in [0.25, 0.3) is 0 Å². The highest BCUT2D eigenvalue weighted by Crippen LogP contribution is 2.09. The predicted octanol–water partition coefficient (Wildman–Crippen LogP) is 5.81. The predicted molar refractivity (Wildman–Crippen MR) is 94.6 cm³/mol. The van der Waals surface area contributed by atoms with Crippen molar-refractivity contribution >= 4 is 5.97 Å². The fourth-order valence-electron chi connectivity index (χ4n) is 2.11. The zero-order chi connectivity index (χ0) is 16.3. The maximum absolute atomic E-state index is 11.4. The molecule has 0 fully saturated rings. The number of ether oxygens (including phenoxy) is 1. The van der Waals surface area contributed by atoms with Crippen LogP contribution in [0.5, 0.6) is 0 Å². The van der Waals surface area contributed by atoms with Crippen LogP contribution in [0.15, 0.2) is 12.2 Å². The Morgan fingerprint density at radius 3 is 2.23 bits per heavy atom. The molecule has 0 radical (unpaired) electrons. The molecule has 0 amide bonds. The van der Waals surface area contributed by atoms with Gasteiger partial charge in [-0.2, -0.15) is 0 Å². The maximum Gasteiger partial charge on any atom is 0.318 e. The number of hydrogen-bond donors (Lipinski definition) is 0. The topological polar surface area (TPSA) is 26.3 Å². The molecule has 0 aliphatic rings. The van der Waals surface area contributed by atoms with Gasteiger partial charge in [-0.1, -0.05) is 83.3 Å². The van der Waals surface area contributed by atoms with Crippen molar-refractivity contribution in [2.75, 3.05) is 6.61 Å². The number of carbonyl (C=O) groups is 1. The molecule has 0 rings (SSSR count). The molecule has 0 aromatic rings. The molecule has 0 aromatic carbocycles. The molecule has 0 aromatic heterocycles. The standard InChI is InChI=1S/C20H34O2/c1-3-5-7-9-10-11-12-13-14-15-16-18-20(21)22-19-17-8-6-4-2/h8,17H,3-7,9-14,18-19H2,1-2H3/b17-8+. The maximum atomic E-state index is 11.4. The summed E-state index contributed by atoms with van der Waals surface area (Å²) in [6, 6.07) is 0. The molecule has 0 aliphatic carbocycles. The minimum atomic E-state index is -0.218. The van der Waals surface area contributed by atoms with E-state index in [1.807, 2.05) is 12.2 Å². The molecule has 0 heterocycles. The minimum Gasteiger partial charge on any atom is -0.461 e. The van der Waals surface area contributed by atoms with Crippen LogP contribution in [0.4, 0.5) is 0 Å². The number of allylic oxidation sites excluding steroid dienone is 1. The Balaban J connectivity index is 3.35. The highest BCUT2D eigenvalue weighted by Gasteiger charge is 1.96. The van der Waals surface area contributed by atoms with Crippen LogP contribution in [0.2, 0.25) is 0 Å². The van der Waals surface area contributed by atoms with Crippen molar-refractivity contribution < 1.29 is 9.53 Å². The summed E-state index contributed by atoms with van der Waals surface area (Å²) in [5, 5.41) is 0. The second-order valence-electron chi connectivity index (χ2n) is 5.70. The average Bonchev–Trinajstić information content (AvgIpc) is 2.52. The Morgan fingerprint density at radius 2 is 1.55 bits per heavy atom. The van der Waals surface area contributed by atoms with E-state index in [1.165, 1.54) is 44.9 Å². The van der Waals surface area contributed by atoms with Crippen LogP contribution in [0, 0.1) is 11.8 Å². The monoisotopic (exact) mass is 306 g/mol. The quantitative estimate of drug-likeness (QED) is 0.186. The summed E-state index contributed by atoms with van der Waals surface area (Å²) in [6.45, 7) is 4.74. The van der Waals surface area contributed by atoms with Crippen LogP contribution in [0.3, 0.4) is 0 Å². The largest absolute Gasteiger partial charge is 0.461 e. The van der Waals surface area contributed by atoms with Gasteiger partial charge in [0.2, 0.25) is 0 Å². The van der Waals surface area contributed by atoms with Gasteiger partial charge in [-0.05, 0) is 12.8 Å². The first-order valence-corrected chi connectivity index (χ1v) is 9.07. The van der Waals surface area contributed by atoms with Gasteiger partial charge >= 0.3 is 5.97 Å². The van der Waals surface area contributed by atoms with E-state index in [0.29, 0.717) is 6.61 Å². The van der Waals surface area contributed by atoms with E-state index in [2.05, 4.69) is 25.7 Å². The molecule has 2 heteroatoms. The number of rotatable bonds is 13. The molecular formula is C20H34O2. The minimum absolute atomic E-state index is 0.218. The third-order valence-electron chi connectivity index (χ3n) is 3.48. The van der Waals surface area contributed by atoms with Crippen molar-refractivity contribution in [1.29, 1.82) is 0 Å². The van der Waals surface area contributed by atoms with Gasteiger partial charge in [0, 0.05) is 6.42 Å². The van der Waals surface area contributed by atoms with Gasteiger partial charge in [0.15, 0.2) is 0 Å². The Labute approximate surface area is 137 Å². The molecule has 0 bridgehead atoms. The lowest BCUT2D eigenvalue weighted by Crippen LogP contribution is -2.02. The normalized spacial score (nSPS) is 10.5. The molecule has 2 nitrogen and oxygen atoms in total. The van der Waals surface area contributed by atoms with Crippen LogP contribution in [0.1, 0.15) is 90.9 Å². The Morgan fingerprint density at radius 1 is 0.864 bits per heavy atom. The van der Waals surface area contributed by atoms with Crippen LogP contribution < -0.4 is 0 Å². The smallest absolute Gasteiger partial charge is 0.318 e. The van der Waals surface area contributed by atoms with Crippen LogP contribution >= 0.6 is 0 Å². The Hall–Kier alpha value is -1.23. The van der Waals surface area contributed by atoms with E-state index in [9.17, 15) is 4.79 Å². The zero-order valence-corrected chi connectivity index (χ0v) is 14.7. The first-order valence-electron chi connectivity index (χ1n) is 9.07. The van der Waals surface area contributed by atoms with Crippen LogP contribution in [-0.4, -0.2) is 12.6 Å². The Kier molecular flexibility index (Phi) is 16.8. The van der Waals surface area contributed by atoms with Crippen LogP contribution in [-0.2, 0) is 9.53 Å². The lowest BCUT2D eigenvalue weighted by molar-refractivity contribution is -0.141. The molecule has 0 N–H and O–H groups in total. The summed E-state index contributed by atoms with van der Waals surface area (Å²) in [5.41, 5.74) is 0. The van der Waals surface area contributed by atoms with Gasteiger partial charge in [0.05, 0.1) is 0 Å². The summed E-state index contributed by atoms with van der Waals surface area (Å²) in [5.74, 6) is 5.76. The van der Waals surface area contributed by atoms with Crippen molar-refractivity contribution in [2.24, 2.45) is 0 Å². The zero-order valence-electron chi connectivity index (χ0n) is 14.7. The third-order valence-corrected chi connectivity index (χ3v) is 3.48. The fraction of sp³-hybridized carbons (Fsp3) is 0.750. The van der Waals surface area contributed by atoms with Gasteiger partial charge in [0.1, 0.15) is 13.0 Å². The SMILES string of the molecule is CCC/C=C/COC(=O)CC#CCCCCCCCCCC. The molecule has 0 saturated carbocycles. The summed E-state index contributed by atoms with van der Waals surface area (Å²) in [4.78, 5) is 11.4. The second-order valence-corrected chi connectivity index (χ2v) is 5.70. The molecular weight excluding hydrogens is 272 g/mol. The number of unbranched alkanes of at least 4 members (excludes halogenated alkanes) is 9. The molecule has 0 unspecified atom stereocenters. The van der Waals surface area contributed by atoms with E-state index in [-0.39, 0.29) is 12.4 Å². The van der Waals surface area contributed by atoms with E-state index in [4.69, 9.17) is 4.74 Å². The van der Waals surface area contributed by atoms with Gasteiger partial charge in [-0.25, -0.2) is 0 Å². The van der Waals surface area contributed by atoms with Crippen molar-refractivity contribution in [1.82, 2.24) is 0 Å². The molecule has 22 heavy (non-hydrogen) atoms. The van der Waals surface area contributed by atoms with Crippen molar-refractivity contribution in [3.05, 3.63) is 12.2 Å². The van der Waals surface area contributed by atoms with Crippen molar-refractivity contribution in [2.45, 2.75) is 90.9 Å². The van der Waals surface area contributed by atoms with E-state index < -0.39 is 0 Å². The van der Waals surface area contributed by atoms with E-state index in [0.717, 1.165) is 25.7 Å². The number of esters is 1. The summed E-state index contributed by atoms with van der Waals surface area (Å²) < 4.78 is 5.05. The van der Waals surface area contributed by atoms with Gasteiger partial charge in [-0.3, -0.25) is 4.79 Å². The first-order chi connectivity index (χ1) is 10.8. The highest BCUT2D eigenvalue weighted by molar-refractivity contribution is 5.72.